The molecule has 0 unspecified atom stereocenters. The van der Waals surface area contributed by atoms with Crippen molar-refractivity contribution < 1.29 is 22.7 Å². The van der Waals surface area contributed by atoms with E-state index in [1.807, 2.05) is 31.2 Å². The van der Waals surface area contributed by atoms with Crippen molar-refractivity contribution >= 4 is 33.2 Å². The SMILES string of the molecule is CO[C@@]1(c2cnccn2)/C=C/C[C@H](C)[C@@H](C)S(=O)(=O)NC(=O)c2ccc3c(c2)N(CCCCc2cc(Cl)ccc2CO3)C[C@@H]2CC[C@H]21. The number of aromatic nitrogens is 2. The van der Waals surface area contributed by atoms with Gasteiger partial charge in [0.25, 0.3) is 5.91 Å². The zero-order chi connectivity index (χ0) is 33.2. The third-order valence-corrected chi connectivity index (χ3v) is 12.5. The normalized spacial score (nSPS) is 28.7. The van der Waals surface area contributed by atoms with E-state index in [0.29, 0.717) is 30.3 Å². The summed E-state index contributed by atoms with van der Waals surface area (Å²) < 4.78 is 42.1. The third kappa shape index (κ3) is 6.91. The van der Waals surface area contributed by atoms with Gasteiger partial charge in [0.1, 0.15) is 18.0 Å². The predicted molar refractivity (Wildman–Crippen MR) is 183 cm³/mol. The summed E-state index contributed by atoms with van der Waals surface area (Å²) in [6.45, 7) is 5.30. The highest BCUT2D eigenvalue weighted by atomic mass is 35.5. The van der Waals surface area contributed by atoms with E-state index in [0.717, 1.165) is 55.6 Å². The first-order valence-electron chi connectivity index (χ1n) is 16.5. The zero-order valence-electron chi connectivity index (χ0n) is 27.2. The number of carbonyl (C=O) groups excluding carboxylic acids is 1. The van der Waals surface area contributed by atoms with Crippen LogP contribution in [0.15, 0.2) is 67.1 Å². The van der Waals surface area contributed by atoms with E-state index in [4.69, 9.17) is 26.1 Å². The number of rotatable bonds is 2. The standard InChI is InChI=1S/C36H43ClN4O5S/c1-24-7-6-15-36(45-3,34-21-38-16-17-39-34)31-13-10-28(31)22-41-18-5-4-8-26-19-30(37)12-9-29(26)23-46-33-14-11-27(20-32(33)41)35(42)40-47(43,44)25(24)2/h6,9,11-12,14-17,19-21,24-25,28,31H,4-5,7-8,10,13,18,22-23H2,1-3H3,(H,40,42)/b15-6+/t24-,25+,28-,31+,36-/m0/s1. The Bertz CT molecular complexity index is 1740. The predicted octanol–water partition coefficient (Wildman–Crippen LogP) is 6.46. The molecule has 1 aromatic heterocycles. The van der Waals surface area contributed by atoms with Crippen LogP contribution in [-0.2, 0) is 33.4 Å². The maximum absolute atomic E-state index is 13.5. The number of sulfonamides is 1. The van der Waals surface area contributed by atoms with E-state index in [1.54, 1.807) is 50.8 Å². The summed E-state index contributed by atoms with van der Waals surface area (Å²) in [5.41, 5.74) is 3.17. The molecule has 11 heteroatoms. The number of nitrogens with zero attached hydrogens (tertiary/aromatic N) is 3. The van der Waals surface area contributed by atoms with Crippen LogP contribution < -0.4 is 14.4 Å². The lowest BCUT2D eigenvalue weighted by molar-refractivity contribution is -0.0832. The highest BCUT2D eigenvalue weighted by molar-refractivity contribution is 7.90. The molecule has 2 aromatic carbocycles. The number of benzene rings is 2. The van der Waals surface area contributed by atoms with E-state index in [1.165, 1.54) is 5.56 Å². The maximum atomic E-state index is 13.5. The van der Waals surface area contributed by atoms with Gasteiger partial charge in [-0.3, -0.25) is 14.8 Å². The minimum atomic E-state index is -3.97. The van der Waals surface area contributed by atoms with E-state index in [9.17, 15) is 13.2 Å². The topological polar surface area (TPSA) is 111 Å². The second kappa shape index (κ2) is 13.9. The van der Waals surface area contributed by atoms with Crippen molar-refractivity contribution in [1.29, 1.82) is 0 Å². The van der Waals surface area contributed by atoms with Gasteiger partial charge in [0, 0.05) is 49.1 Å². The number of halogens is 1. The molecule has 3 heterocycles. The summed E-state index contributed by atoms with van der Waals surface area (Å²) >= 11 is 6.36. The van der Waals surface area contributed by atoms with E-state index in [2.05, 4.69) is 20.7 Å². The van der Waals surface area contributed by atoms with Crippen LogP contribution in [-0.4, -0.2) is 49.7 Å². The number of aryl methyl sites for hydroxylation is 1. The van der Waals surface area contributed by atoms with Crippen molar-refractivity contribution in [1.82, 2.24) is 14.7 Å². The number of fused-ring (bicyclic) bond motifs is 3. The number of nitrogens with one attached hydrogen (secondary N) is 1. The van der Waals surface area contributed by atoms with Gasteiger partial charge in [0.15, 0.2) is 0 Å². The van der Waals surface area contributed by atoms with E-state index in [-0.39, 0.29) is 23.3 Å². The minimum absolute atomic E-state index is 0.102. The molecule has 9 nitrogen and oxygen atoms in total. The fraction of sp³-hybridized carbons (Fsp3) is 0.472. The smallest absolute Gasteiger partial charge is 0.264 e. The van der Waals surface area contributed by atoms with Crippen LogP contribution in [0, 0.1) is 17.8 Å². The second-order valence-corrected chi connectivity index (χ2v) is 15.6. The number of hydrogen-bond donors (Lipinski definition) is 1. The lowest BCUT2D eigenvalue weighted by Crippen LogP contribution is -2.50. The summed E-state index contributed by atoms with van der Waals surface area (Å²) in [4.78, 5) is 24.9. The number of methoxy groups -OCH3 is 1. The summed E-state index contributed by atoms with van der Waals surface area (Å²) in [6, 6.07) is 11.1. The van der Waals surface area contributed by atoms with Crippen LogP contribution in [0.25, 0.3) is 0 Å². The average molecular weight is 679 g/mol. The Balaban J connectivity index is 1.45. The first-order chi connectivity index (χ1) is 22.6. The number of ether oxygens (including phenoxy) is 2. The summed E-state index contributed by atoms with van der Waals surface area (Å²) in [7, 11) is -2.26. The lowest BCUT2D eigenvalue weighted by atomic mass is 9.63. The quantitative estimate of drug-likeness (QED) is 0.308. The van der Waals surface area contributed by atoms with Gasteiger partial charge < -0.3 is 14.4 Å². The zero-order valence-corrected chi connectivity index (χ0v) is 28.8. The highest BCUT2D eigenvalue weighted by Gasteiger charge is 2.49. The van der Waals surface area contributed by atoms with Crippen LogP contribution in [0.2, 0.25) is 5.02 Å². The van der Waals surface area contributed by atoms with Crippen molar-refractivity contribution in [2.75, 3.05) is 25.1 Å². The summed E-state index contributed by atoms with van der Waals surface area (Å²) in [6.07, 6.45) is 14.3. The molecule has 1 N–H and O–H groups in total. The Morgan fingerprint density at radius 2 is 1.94 bits per heavy atom. The van der Waals surface area contributed by atoms with Crippen molar-refractivity contribution in [2.45, 2.75) is 69.8 Å². The fourth-order valence-electron chi connectivity index (χ4n) is 7.17. The van der Waals surface area contributed by atoms with E-state index < -0.39 is 26.8 Å². The van der Waals surface area contributed by atoms with Crippen molar-refractivity contribution in [3.63, 3.8) is 0 Å². The van der Waals surface area contributed by atoms with Gasteiger partial charge in [-0.15, -0.1) is 0 Å². The van der Waals surface area contributed by atoms with Crippen LogP contribution >= 0.6 is 11.6 Å². The molecule has 1 fully saturated rings. The molecule has 5 atom stereocenters. The van der Waals surface area contributed by atoms with Crippen LogP contribution in [0.4, 0.5) is 5.69 Å². The molecule has 0 radical (unpaired) electrons. The van der Waals surface area contributed by atoms with Crippen molar-refractivity contribution in [3.05, 3.63) is 94.5 Å². The van der Waals surface area contributed by atoms with E-state index >= 15 is 0 Å². The molecule has 1 saturated carbocycles. The number of allylic oxidation sites excluding steroid dienone is 1. The fourth-order valence-corrected chi connectivity index (χ4v) is 8.65. The van der Waals surface area contributed by atoms with Crippen LogP contribution in [0.1, 0.15) is 73.1 Å². The van der Waals surface area contributed by atoms with Crippen molar-refractivity contribution in [2.24, 2.45) is 17.8 Å². The summed E-state index contributed by atoms with van der Waals surface area (Å²) in [5.74, 6) is 0.0689. The molecule has 47 heavy (non-hydrogen) atoms. The number of carbonyl (C=O) groups is 1. The highest BCUT2D eigenvalue weighted by Crippen LogP contribution is 2.50. The molecule has 3 aromatic rings. The Morgan fingerprint density at radius 3 is 2.68 bits per heavy atom. The van der Waals surface area contributed by atoms with Gasteiger partial charge in [0.05, 0.1) is 22.8 Å². The minimum Gasteiger partial charge on any atom is -0.487 e. The van der Waals surface area contributed by atoms with Gasteiger partial charge in [-0.05, 0) is 98.7 Å². The number of anilines is 1. The van der Waals surface area contributed by atoms with Gasteiger partial charge in [0.2, 0.25) is 10.0 Å². The number of amides is 1. The van der Waals surface area contributed by atoms with Gasteiger partial charge in [-0.1, -0.05) is 36.7 Å². The largest absolute Gasteiger partial charge is 0.487 e. The summed E-state index contributed by atoms with van der Waals surface area (Å²) in [5, 5.41) is -0.114. The Morgan fingerprint density at radius 1 is 1.09 bits per heavy atom. The first kappa shape index (κ1) is 33.4. The molecule has 0 saturated heterocycles. The van der Waals surface area contributed by atoms with Gasteiger partial charge >= 0.3 is 0 Å². The third-order valence-electron chi connectivity index (χ3n) is 10.4. The molecule has 0 spiro atoms. The van der Waals surface area contributed by atoms with Gasteiger partial charge in [-0.25, -0.2) is 13.1 Å². The molecular weight excluding hydrogens is 636 g/mol. The molecule has 1 aliphatic carbocycles. The number of hydrogen-bond acceptors (Lipinski definition) is 8. The Kier molecular flexibility index (Phi) is 9.92. The van der Waals surface area contributed by atoms with Crippen LogP contribution in [0.5, 0.6) is 5.75 Å². The lowest BCUT2D eigenvalue weighted by Gasteiger charge is -2.49. The first-order valence-corrected chi connectivity index (χ1v) is 18.4. The molecule has 3 aliphatic rings. The molecule has 6 rings (SSSR count). The molecule has 2 bridgehead atoms. The maximum Gasteiger partial charge on any atom is 0.264 e. The molecule has 250 valence electrons. The molecular formula is C36H43ClN4O5S. The molecule has 1 amide bonds. The van der Waals surface area contributed by atoms with Crippen molar-refractivity contribution in [3.8, 4) is 5.75 Å². The Hall–Kier alpha value is -3.47. The second-order valence-electron chi connectivity index (χ2n) is 13.1. The van der Waals surface area contributed by atoms with Gasteiger partial charge in [-0.2, -0.15) is 0 Å². The average Bonchev–Trinajstić information content (AvgIpc) is 3.08. The molecule has 2 aliphatic heterocycles. The monoisotopic (exact) mass is 678 g/mol. The Labute approximate surface area is 282 Å². The van der Waals surface area contributed by atoms with Crippen LogP contribution in [0.3, 0.4) is 0 Å².